The first-order chi connectivity index (χ1) is 16.4. The number of likely N-dealkylation sites (tertiary alicyclic amines) is 1. The topological polar surface area (TPSA) is 50.3 Å². The van der Waals surface area contributed by atoms with Crippen LogP contribution in [0.1, 0.15) is 51.5 Å². The molecule has 0 N–H and O–H groups in total. The van der Waals surface area contributed by atoms with E-state index in [1.54, 1.807) is 29.2 Å². The summed E-state index contributed by atoms with van der Waals surface area (Å²) in [5.74, 6) is -0.443. The van der Waals surface area contributed by atoms with Gasteiger partial charge < -0.3 is 4.90 Å². The Labute approximate surface area is 221 Å². The molecule has 0 unspecified atom stereocenters. The number of pyridine rings is 1. The molecule has 1 aliphatic heterocycles. The van der Waals surface area contributed by atoms with Crippen LogP contribution in [0.3, 0.4) is 0 Å². The average Bonchev–Trinajstić information content (AvgIpc) is 3.00. The quantitative estimate of drug-likeness (QED) is 0.250. The van der Waals surface area contributed by atoms with E-state index in [9.17, 15) is 9.59 Å². The third kappa shape index (κ3) is 4.60. The third-order valence-corrected chi connectivity index (χ3v) is 8.25. The Kier molecular flexibility index (Phi) is 6.92. The molecule has 5 rings (SSSR count). The largest absolute Gasteiger partial charge is 0.336 e. The minimum absolute atomic E-state index is 0.106. The summed E-state index contributed by atoms with van der Waals surface area (Å²) in [6.07, 6.45) is 5.30. The lowest BCUT2D eigenvalue weighted by Gasteiger charge is -2.37. The van der Waals surface area contributed by atoms with E-state index in [1.807, 2.05) is 18.3 Å². The Hall–Kier alpha value is -2.02. The number of halogens is 3. The molecule has 3 aromatic rings. The number of benzene rings is 2. The van der Waals surface area contributed by atoms with Gasteiger partial charge in [-0.15, -0.1) is 0 Å². The van der Waals surface area contributed by atoms with Crippen molar-refractivity contribution in [1.82, 2.24) is 9.88 Å². The van der Waals surface area contributed by atoms with Gasteiger partial charge in [0.25, 0.3) is 5.91 Å². The van der Waals surface area contributed by atoms with Crippen molar-refractivity contribution in [3.05, 3.63) is 96.6 Å². The maximum Gasteiger partial charge on any atom is 0.294 e. The number of Topliss-reactive ketones (excluding diaryl/α,β-unsaturated/α-hetero) is 1. The summed E-state index contributed by atoms with van der Waals surface area (Å²) in [5.41, 5.74) is 5.29. The highest BCUT2D eigenvalue weighted by Gasteiger charge is 2.37. The van der Waals surface area contributed by atoms with Crippen molar-refractivity contribution in [3.63, 3.8) is 0 Å². The Bertz CT molecular complexity index is 1260. The van der Waals surface area contributed by atoms with Gasteiger partial charge in [0.1, 0.15) is 0 Å². The van der Waals surface area contributed by atoms with Gasteiger partial charge in [0.2, 0.25) is 5.78 Å². The molecule has 1 amide bonds. The number of nitrogens with zero attached hydrogens (tertiary/aromatic N) is 2. The van der Waals surface area contributed by atoms with Crippen LogP contribution >= 0.6 is 43.5 Å². The van der Waals surface area contributed by atoms with Crippen LogP contribution in [-0.4, -0.2) is 34.7 Å². The summed E-state index contributed by atoms with van der Waals surface area (Å²) in [6.45, 7) is 1.12. The molecular weight excluding hydrogens is 580 g/mol. The van der Waals surface area contributed by atoms with Crippen molar-refractivity contribution < 1.29 is 9.59 Å². The zero-order chi connectivity index (χ0) is 23.8. The van der Waals surface area contributed by atoms with Crippen molar-refractivity contribution in [3.8, 4) is 0 Å². The van der Waals surface area contributed by atoms with Crippen LogP contribution < -0.4 is 0 Å². The van der Waals surface area contributed by atoms with Crippen LogP contribution in [-0.2, 0) is 17.6 Å². The van der Waals surface area contributed by atoms with Gasteiger partial charge in [0.05, 0.1) is 5.69 Å². The number of amides is 1. The first kappa shape index (κ1) is 23.7. The van der Waals surface area contributed by atoms with E-state index in [1.165, 1.54) is 16.7 Å². The lowest BCUT2D eigenvalue weighted by Crippen LogP contribution is -2.43. The highest BCUT2D eigenvalue weighted by atomic mass is 79.9. The minimum Gasteiger partial charge on any atom is -0.336 e. The summed E-state index contributed by atoms with van der Waals surface area (Å²) in [7, 11) is 0. The van der Waals surface area contributed by atoms with Crippen molar-refractivity contribution in [1.29, 1.82) is 0 Å². The highest BCUT2D eigenvalue weighted by Crippen LogP contribution is 2.46. The van der Waals surface area contributed by atoms with Crippen molar-refractivity contribution in [2.75, 3.05) is 13.1 Å². The van der Waals surface area contributed by atoms with Crippen LogP contribution in [0, 0.1) is 5.92 Å². The Balaban J connectivity index is 1.43. The SMILES string of the molecule is O=C(C(=O)N1CCC([C@H]2c3ncc(Br)cc3CCc3cc(Cl)cc(Br)c32)CC1)c1ccccc1. The molecule has 1 fully saturated rings. The fraction of sp³-hybridized carbons (Fsp3) is 0.296. The van der Waals surface area contributed by atoms with E-state index in [0.717, 1.165) is 45.3 Å². The van der Waals surface area contributed by atoms with Gasteiger partial charge in [0, 0.05) is 44.7 Å². The molecule has 34 heavy (non-hydrogen) atoms. The monoisotopic (exact) mass is 600 g/mol. The second-order valence-electron chi connectivity index (χ2n) is 8.96. The van der Waals surface area contributed by atoms with Crippen LogP contribution in [0.5, 0.6) is 0 Å². The van der Waals surface area contributed by atoms with Gasteiger partial charge in [0.15, 0.2) is 0 Å². The average molecular weight is 603 g/mol. The predicted molar refractivity (Wildman–Crippen MR) is 140 cm³/mol. The Morgan fingerprint density at radius 1 is 0.971 bits per heavy atom. The molecule has 2 heterocycles. The van der Waals surface area contributed by atoms with Crippen LogP contribution in [0.25, 0.3) is 0 Å². The summed E-state index contributed by atoms with van der Waals surface area (Å²) < 4.78 is 1.99. The molecule has 1 atom stereocenters. The van der Waals surface area contributed by atoms with Crippen LogP contribution in [0.15, 0.2) is 63.7 Å². The van der Waals surface area contributed by atoms with E-state index >= 15 is 0 Å². The Morgan fingerprint density at radius 2 is 1.68 bits per heavy atom. The molecule has 2 aromatic carbocycles. The number of aromatic nitrogens is 1. The molecule has 0 bridgehead atoms. The maximum absolute atomic E-state index is 12.9. The third-order valence-electron chi connectivity index (χ3n) is 6.95. The molecule has 0 radical (unpaired) electrons. The standard InChI is InChI=1S/C27H23Br2ClN2O2/c28-20-12-19-7-6-18-13-21(30)14-22(29)23(18)24(25(19)31-15-20)16-8-10-32(11-9-16)27(34)26(33)17-4-2-1-3-5-17/h1-5,12-16,24H,6-11H2/t24-/m1/s1. The Morgan fingerprint density at radius 3 is 2.41 bits per heavy atom. The molecule has 1 aliphatic carbocycles. The zero-order valence-electron chi connectivity index (χ0n) is 18.4. The summed E-state index contributed by atoms with van der Waals surface area (Å²) in [6, 6.07) is 15.0. The fourth-order valence-corrected chi connectivity index (χ4v) is 6.82. The lowest BCUT2D eigenvalue weighted by atomic mass is 9.76. The van der Waals surface area contributed by atoms with Gasteiger partial charge in [-0.25, -0.2) is 0 Å². The summed E-state index contributed by atoms with van der Waals surface area (Å²) >= 11 is 13.8. The number of rotatable bonds is 3. The molecule has 7 heteroatoms. The normalized spacial score (nSPS) is 18.1. The number of ketones is 1. The molecule has 4 nitrogen and oxygen atoms in total. The van der Waals surface area contributed by atoms with E-state index in [0.29, 0.717) is 24.6 Å². The van der Waals surface area contributed by atoms with Gasteiger partial charge >= 0.3 is 0 Å². The number of aryl methyl sites for hydroxylation is 2. The first-order valence-electron chi connectivity index (χ1n) is 11.4. The van der Waals surface area contributed by atoms with Gasteiger partial charge in [-0.3, -0.25) is 14.6 Å². The van der Waals surface area contributed by atoms with E-state index in [4.69, 9.17) is 16.6 Å². The fourth-order valence-electron chi connectivity index (χ4n) is 5.32. The number of hydrogen-bond acceptors (Lipinski definition) is 3. The molecule has 1 aromatic heterocycles. The number of carbonyl (C=O) groups excluding carboxylic acids is 2. The van der Waals surface area contributed by atoms with E-state index in [2.05, 4.69) is 44.0 Å². The number of fused-ring (bicyclic) bond motifs is 2. The molecule has 1 saturated heterocycles. The van der Waals surface area contributed by atoms with Gasteiger partial charge in [-0.05, 0) is 82.4 Å². The summed E-state index contributed by atoms with van der Waals surface area (Å²) in [4.78, 5) is 32.2. The van der Waals surface area contributed by atoms with Gasteiger partial charge in [-0.1, -0.05) is 57.9 Å². The molecule has 0 spiro atoms. The smallest absolute Gasteiger partial charge is 0.294 e. The second kappa shape index (κ2) is 9.92. The number of piperidine rings is 1. The number of carbonyl (C=O) groups is 2. The first-order valence-corrected chi connectivity index (χ1v) is 13.4. The minimum atomic E-state index is -0.437. The van der Waals surface area contributed by atoms with Crippen LogP contribution in [0.2, 0.25) is 5.02 Å². The summed E-state index contributed by atoms with van der Waals surface area (Å²) in [5, 5.41) is 0.726. The number of hydrogen-bond donors (Lipinski definition) is 0. The molecule has 0 saturated carbocycles. The van der Waals surface area contributed by atoms with Crippen molar-refractivity contribution >= 4 is 55.2 Å². The molecule has 174 valence electrons. The molecule has 2 aliphatic rings. The van der Waals surface area contributed by atoms with E-state index in [-0.39, 0.29) is 5.92 Å². The highest BCUT2D eigenvalue weighted by molar-refractivity contribution is 9.10. The zero-order valence-corrected chi connectivity index (χ0v) is 22.4. The predicted octanol–water partition coefficient (Wildman–Crippen LogP) is 6.61. The van der Waals surface area contributed by atoms with E-state index < -0.39 is 11.7 Å². The van der Waals surface area contributed by atoms with Crippen molar-refractivity contribution in [2.24, 2.45) is 5.92 Å². The second-order valence-corrected chi connectivity index (χ2v) is 11.2. The maximum atomic E-state index is 12.9. The lowest BCUT2D eigenvalue weighted by molar-refractivity contribution is -0.127. The molecular formula is C27H23Br2ClN2O2. The van der Waals surface area contributed by atoms with Crippen molar-refractivity contribution in [2.45, 2.75) is 31.6 Å². The van der Waals surface area contributed by atoms with Gasteiger partial charge in [-0.2, -0.15) is 0 Å². The van der Waals surface area contributed by atoms with Crippen LogP contribution in [0.4, 0.5) is 0 Å².